The molecule has 2 heterocycles. The van der Waals surface area contributed by atoms with Gasteiger partial charge in [0.05, 0.1) is 18.9 Å². The number of nitrogens with zero attached hydrogens (tertiary/aromatic N) is 2. The van der Waals surface area contributed by atoms with Crippen LogP contribution in [-0.2, 0) is 20.8 Å². The summed E-state index contributed by atoms with van der Waals surface area (Å²) in [5, 5.41) is 13.3. The summed E-state index contributed by atoms with van der Waals surface area (Å²) in [5.74, 6) is -1.23. The fourth-order valence-corrected chi connectivity index (χ4v) is 4.49. The number of aromatic nitrogens is 2. The van der Waals surface area contributed by atoms with E-state index in [0.717, 1.165) is 35.5 Å². The number of benzene rings is 2. The largest absolute Gasteiger partial charge is 0.356 e. The predicted octanol–water partition coefficient (Wildman–Crippen LogP) is 1.12. The molecule has 4 N–H and O–H groups in total. The minimum absolute atomic E-state index is 0.00360. The van der Waals surface area contributed by atoms with Crippen LogP contribution < -0.4 is 21.3 Å². The Morgan fingerprint density at radius 2 is 1.97 bits per heavy atom. The Bertz CT molecular complexity index is 1250. The summed E-state index contributed by atoms with van der Waals surface area (Å²) in [6, 6.07) is 12.2. The maximum absolute atomic E-state index is 13.2. The van der Waals surface area contributed by atoms with Gasteiger partial charge >= 0.3 is 0 Å². The third-order valence-electron chi connectivity index (χ3n) is 6.45. The topological polar surface area (TPSA) is 142 Å². The van der Waals surface area contributed by atoms with Gasteiger partial charge in [-0.3, -0.25) is 24.7 Å². The predicted molar refractivity (Wildman–Crippen MR) is 137 cm³/mol. The van der Waals surface area contributed by atoms with Crippen molar-refractivity contribution >= 4 is 34.8 Å². The van der Waals surface area contributed by atoms with E-state index in [-0.39, 0.29) is 30.6 Å². The van der Waals surface area contributed by atoms with Crippen molar-refractivity contribution in [3.05, 3.63) is 72.3 Å². The molecule has 1 saturated heterocycles. The molecule has 3 atom stereocenters. The van der Waals surface area contributed by atoms with Crippen LogP contribution in [0.2, 0.25) is 0 Å². The lowest BCUT2D eigenvalue weighted by Crippen LogP contribution is -2.51. The van der Waals surface area contributed by atoms with Gasteiger partial charge in [0.25, 0.3) is 5.91 Å². The summed E-state index contributed by atoms with van der Waals surface area (Å²) in [6.45, 7) is 0.659. The lowest BCUT2D eigenvalue weighted by Gasteiger charge is -2.25. The van der Waals surface area contributed by atoms with Gasteiger partial charge in [0, 0.05) is 31.3 Å². The van der Waals surface area contributed by atoms with Gasteiger partial charge in [-0.25, -0.2) is 4.98 Å². The Hall–Kier alpha value is -4.18. The molecule has 37 heavy (non-hydrogen) atoms. The third-order valence-corrected chi connectivity index (χ3v) is 6.45. The first kappa shape index (κ1) is 25.9. The van der Waals surface area contributed by atoms with Gasteiger partial charge in [-0.2, -0.15) is 0 Å². The van der Waals surface area contributed by atoms with Crippen LogP contribution in [0.5, 0.6) is 0 Å². The Kier molecular flexibility index (Phi) is 8.88. The molecule has 192 valence electrons. The monoisotopic (exact) mass is 502 g/mol. The summed E-state index contributed by atoms with van der Waals surface area (Å²) >= 11 is 0. The maximum atomic E-state index is 13.2. The molecule has 0 aliphatic carbocycles. The lowest BCUT2D eigenvalue weighted by molar-refractivity contribution is -0.127. The second-order valence-corrected chi connectivity index (χ2v) is 8.99. The Morgan fingerprint density at radius 3 is 2.76 bits per heavy atom. The van der Waals surface area contributed by atoms with Crippen molar-refractivity contribution < 1.29 is 19.2 Å². The van der Waals surface area contributed by atoms with Gasteiger partial charge in [-0.15, -0.1) is 0 Å². The number of carbonyl (C=O) groups is 4. The zero-order valence-electron chi connectivity index (χ0n) is 20.4. The highest BCUT2D eigenvalue weighted by molar-refractivity contribution is 5.96. The van der Waals surface area contributed by atoms with E-state index in [4.69, 9.17) is 0 Å². The quantitative estimate of drug-likeness (QED) is 0.227. The molecule has 0 spiro atoms. The molecule has 0 saturated carbocycles. The van der Waals surface area contributed by atoms with Crippen molar-refractivity contribution in [3.63, 3.8) is 0 Å². The number of rotatable bonds is 11. The number of amides is 3. The van der Waals surface area contributed by atoms with Crippen LogP contribution in [0, 0.1) is 5.92 Å². The smallest absolute Gasteiger partial charge is 0.272 e. The van der Waals surface area contributed by atoms with Crippen LogP contribution in [0.25, 0.3) is 10.8 Å². The van der Waals surface area contributed by atoms with E-state index in [1.165, 1.54) is 18.6 Å². The summed E-state index contributed by atoms with van der Waals surface area (Å²) in [5.41, 5.74) is 1.00. The molecule has 4 rings (SSSR count). The number of carbonyl (C=O) groups excluding carboxylic acids is 4. The fourth-order valence-electron chi connectivity index (χ4n) is 4.49. The van der Waals surface area contributed by atoms with E-state index in [2.05, 4.69) is 31.2 Å². The van der Waals surface area contributed by atoms with Crippen molar-refractivity contribution in [2.75, 3.05) is 13.2 Å². The van der Waals surface area contributed by atoms with E-state index in [0.29, 0.717) is 13.0 Å². The third kappa shape index (κ3) is 6.95. The number of hydrogen-bond donors (Lipinski definition) is 4. The second kappa shape index (κ2) is 12.7. The normalized spacial score (nSPS) is 16.9. The van der Waals surface area contributed by atoms with Gasteiger partial charge in [0.2, 0.25) is 11.8 Å². The molecular weight excluding hydrogens is 472 g/mol. The lowest BCUT2D eigenvalue weighted by atomic mass is 9.92. The SMILES string of the molecule is O=CC(CC1CCCNC1=O)NCNC(=O)C(Cc1cccc2ccccc12)NC(=O)c1cnccn1. The van der Waals surface area contributed by atoms with Crippen LogP contribution >= 0.6 is 0 Å². The molecule has 3 unspecified atom stereocenters. The first-order valence-electron chi connectivity index (χ1n) is 12.3. The molecule has 0 bridgehead atoms. The highest BCUT2D eigenvalue weighted by Crippen LogP contribution is 2.20. The minimum atomic E-state index is -0.902. The van der Waals surface area contributed by atoms with Crippen LogP contribution in [0.3, 0.4) is 0 Å². The standard InChI is InChI=1S/C27H30N6O4/c34-16-21(13-20-8-4-10-30-25(20)35)31-17-32-26(36)23(33-27(37)24-15-28-11-12-29-24)14-19-7-3-6-18-5-1-2-9-22(18)19/h1-3,5-7,9,11-12,15-16,20-21,23,31H,4,8,10,13-14,17H2,(H,30,35)(H,32,36)(H,33,37). The second-order valence-electron chi connectivity index (χ2n) is 8.99. The minimum Gasteiger partial charge on any atom is -0.356 e. The van der Waals surface area contributed by atoms with Gasteiger partial charge in [0.1, 0.15) is 18.0 Å². The molecule has 10 nitrogen and oxygen atoms in total. The number of hydrogen-bond acceptors (Lipinski definition) is 7. The molecule has 1 aliphatic rings. The maximum Gasteiger partial charge on any atom is 0.272 e. The molecule has 3 amide bonds. The molecule has 1 aliphatic heterocycles. The van der Waals surface area contributed by atoms with Crippen LogP contribution in [0.1, 0.15) is 35.3 Å². The number of piperidine rings is 1. The molecule has 1 fully saturated rings. The summed E-state index contributed by atoms with van der Waals surface area (Å²) in [4.78, 5) is 57.6. The Morgan fingerprint density at radius 1 is 1.14 bits per heavy atom. The zero-order chi connectivity index (χ0) is 26.0. The van der Waals surface area contributed by atoms with Crippen LogP contribution in [-0.4, -0.2) is 59.3 Å². The highest BCUT2D eigenvalue weighted by Gasteiger charge is 2.26. The van der Waals surface area contributed by atoms with E-state index in [1.54, 1.807) is 0 Å². The zero-order valence-corrected chi connectivity index (χ0v) is 20.4. The molecular formula is C27H30N6O4. The Labute approximate surface area is 214 Å². The van der Waals surface area contributed by atoms with E-state index >= 15 is 0 Å². The Balaban J connectivity index is 1.43. The summed E-state index contributed by atoms with van der Waals surface area (Å²) in [7, 11) is 0. The van der Waals surface area contributed by atoms with E-state index in [1.807, 2.05) is 42.5 Å². The fraction of sp³-hybridized carbons (Fsp3) is 0.333. The average molecular weight is 503 g/mol. The number of nitrogens with one attached hydrogen (secondary N) is 4. The highest BCUT2D eigenvalue weighted by atomic mass is 16.2. The molecule has 2 aromatic carbocycles. The van der Waals surface area contributed by atoms with E-state index in [9.17, 15) is 19.2 Å². The molecule has 10 heteroatoms. The van der Waals surface area contributed by atoms with Crippen molar-refractivity contribution in [2.45, 2.75) is 37.8 Å². The summed E-state index contributed by atoms with van der Waals surface area (Å²) < 4.78 is 0. The average Bonchev–Trinajstić information content (AvgIpc) is 2.93. The van der Waals surface area contributed by atoms with Crippen molar-refractivity contribution in [1.29, 1.82) is 0 Å². The van der Waals surface area contributed by atoms with E-state index < -0.39 is 23.9 Å². The van der Waals surface area contributed by atoms with Crippen LogP contribution in [0.15, 0.2) is 61.1 Å². The van der Waals surface area contributed by atoms with Gasteiger partial charge < -0.3 is 20.7 Å². The van der Waals surface area contributed by atoms with Gasteiger partial charge in [0.15, 0.2) is 0 Å². The van der Waals surface area contributed by atoms with Crippen molar-refractivity contribution in [1.82, 2.24) is 31.2 Å². The van der Waals surface area contributed by atoms with Crippen molar-refractivity contribution in [3.8, 4) is 0 Å². The number of fused-ring (bicyclic) bond motifs is 1. The summed E-state index contributed by atoms with van der Waals surface area (Å²) in [6.07, 6.45) is 7.16. The van der Waals surface area contributed by atoms with Crippen LogP contribution in [0.4, 0.5) is 0 Å². The molecule has 0 radical (unpaired) electrons. The first-order valence-corrected chi connectivity index (χ1v) is 12.3. The first-order chi connectivity index (χ1) is 18.0. The van der Waals surface area contributed by atoms with Crippen molar-refractivity contribution in [2.24, 2.45) is 5.92 Å². The number of aldehydes is 1. The van der Waals surface area contributed by atoms with Gasteiger partial charge in [-0.1, -0.05) is 42.5 Å². The molecule has 3 aromatic rings. The molecule has 1 aromatic heterocycles. The van der Waals surface area contributed by atoms with Gasteiger partial charge in [-0.05, 0) is 35.6 Å².